The second-order valence-corrected chi connectivity index (χ2v) is 5.87. The maximum atomic E-state index is 11.9. The largest absolute Gasteiger partial charge is 0.493 e. The van der Waals surface area contributed by atoms with Crippen LogP contribution in [0.1, 0.15) is 0 Å². The van der Waals surface area contributed by atoms with Gasteiger partial charge in [0.1, 0.15) is 10.7 Å². The summed E-state index contributed by atoms with van der Waals surface area (Å²) in [4.78, 5) is 24.6. The number of benzene rings is 2. The molecule has 0 saturated heterocycles. The molecule has 1 aliphatic rings. The van der Waals surface area contributed by atoms with Crippen LogP contribution in [0.25, 0.3) is 16.5 Å². The Labute approximate surface area is 146 Å². The Bertz CT molecular complexity index is 1060. The number of aromatic hydroxyl groups is 2. The van der Waals surface area contributed by atoms with E-state index in [1.165, 1.54) is 0 Å². The van der Waals surface area contributed by atoms with Crippen molar-refractivity contribution in [2.24, 2.45) is 0 Å². The number of anilines is 1. The second kappa shape index (κ2) is 5.39. The number of aromatic nitrogens is 1. The maximum absolute atomic E-state index is 11.9. The van der Waals surface area contributed by atoms with Gasteiger partial charge in [0.05, 0.1) is 5.69 Å². The molecule has 2 heterocycles. The van der Waals surface area contributed by atoms with E-state index in [2.05, 4.69) is 0 Å². The quantitative estimate of drug-likeness (QED) is 0.693. The van der Waals surface area contributed by atoms with Gasteiger partial charge in [0, 0.05) is 17.5 Å². The number of amides is 2. The molecule has 6 nitrogen and oxygen atoms in total. The van der Waals surface area contributed by atoms with Gasteiger partial charge in [-0.3, -0.25) is 9.59 Å². The third-order valence-corrected chi connectivity index (χ3v) is 4.43. The summed E-state index contributed by atoms with van der Waals surface area (Å²) in [5.41, 5.74) is 0.223. The number of halogens is 1. The fourth-order valence-electron chi connectivity index (χ4n) is 2.96. The van der Waals surface area contributed by atoms with Crippen molar-refractivity contribution in [2.75, 3.05) is 4.90 Å². The summed E-state index contributed by atoms with van der Waals surface area (Å²) in [7, 11) is 0. The number of nitrogens with zero attached hydrogens (tertiary/aromatic N) is 2. The zero-order chi connectivity index (χ0) is 17.7. The molecule has 0 bridgehead atoms. The van der Waals surface area contributed by atoms with Crippen molar-refractivity contribution in [3.8, 4) is 17.4 Å². The van der Waals surface area contributed by atoms with Gasteiger partial charge in [-0.05, 0) is 11.5 Å². The molecule has 1 aromatic heterocycles. The van der Waals surface area contributed by atoms with Crippen molar-refractivity contribution in [3.05, 3.63) is 59.6 Å². The lowest BCUT2D eigenvalue weighted by Gasteiger charge is -2.14. The summed E-state index contributed by atoms with van der Waals surface area (Å²) in [6.45, 7) is 0. The van der Waals surface area contributed by atoms with E-state index in [4.69, 9.17) is 11.6 Å². The Morgan fingerprint density at radius 2 is 1.48 bits per heavy atom. The van der Waals surface area contributed by atoms with Crippen molar-refractivity contribution in [1.29, 1.82) is 0 Å². The molecule has 0 radical (unpaired) electrons. The Morgan fingerprint density at radius 1 is 0.840 bits per heavy atom. The lowest BCUT2D eigenvalue weighted by molar-refractivity contribution is -0.120. The molecule has 7 heteroatoms. The van der Waals surface area contributed by atoms with E-state index in [1.54, 1.807) is 12.1 Å². The molecule has 25 heavy (non-hydrogen) atoms. The summed E-state index contributed by atoms with van der Waals surface area (Å²) < 4.78 is 1.11. The lowest BCUT2D eigenvalue weighted by atomic mass is 10.1. The average Bonchev–Trinajstić information content (AvgIpc) is 3.04. The van der Waals surface area contributed by atoms with Gasteiger partial charge in [0.25, 0.3) is 11.8 Å². The highest BCUT2D eigenvalue weighted by Gasteiger charge is 2.35. The molecule has 2 N–H and O–H groups in total. The van der Waals surface area contributed by atoms with Crippen LogP contribution in [0.2, 0.25) is 5.02 Å². The molecule has 0 atom stereocenters. The summed E-state index contributed by atoms with van der Waals surface area (Å²) in [6.07, 6.45) is 2.15. The molecular weight excluding hydrogens is 344 g/mol. The summed E-state index contributed by atoms with van der Waals surface area (Å²) in [6, 6.07) is 12.7. The lowest BCUT2D eigenvalue weighted by Crippen LogP contribution is -2.29. The van der Waals surface area contributed by atoms with Crippen LogP contribution in [0.3, 0.4) is 0 Å². The first-order valence-electron chi connectivity index (χ1n) is 7.37. The number of rotatable bonds is 2. The zero-order valence-electron chi connectivity index (χ0n) is 12.7. The third-order valence-electron chi connectivity index (χ3n) is 4.08. The summed E-state index contributed by atoms with van der Waals surface area (Å²) in [5, 5.41) is 22.5. The minimum absolute atomic E-state index is 0.243. The fraction of sp³-hybridized carbons (Fsp3) is 0. The van der Waals surface area contributed by atoms with Gasteiger partial charge >= 0.3 is 0 Å². The van der Waals surface area contributed by atoms with Gasteiger partial charge in [-0.25, -0.2) is 9.47 Å². The molecule has 1 aliphatic heterocycles. The molecule has 124 valence electrons. The topological polar surface area (TPSA) is 82.8 Å². The minimum atomic E-state index is -0.641. The molecule has 0 fully saturated rings. The number of hydrogen-bond acceptors (Lipinski definition) is 4. The molecular formula is C18H11ClN2O4. The molecule has 2 amide bonds. The van der Waals surface area contributed by atoms with E-state index in [0.717, 1.165) is 32.4 Å². The van der Waals surface area contributed by atoms with Crippen LogP contribution in [0, 0.1) is 0 Å². The van der Waals surface area contributed by atoms with Crippen LogP contribution in [-0.2, 0) is 9.59 Å². The number of fused-ring (bicyclic) bond motifs is 1. The Morgan fingerprint density at radius 3 is 2.20 bits per heavy atom. The average molecular weight is 355 g/mol. The Balaban J connectivity index is 2.00. The van der Waals surface area contributed by atoms with E-state index in [0.29, 0.717) is 5.69 Å². The Hall–Kier alpha value is -3.25. The predicted molar refractivity (Wildman–Crippen MR) is 93.2 cm³/mol. The molecule has 0 unspecified atom stereocenters. The number of carbonyl (C=O) groups is 2. The Kier molecular flexibility index (Phi) is 3.30. The van der Waals surface area contributed by atoms with Crippen molar-refractivity contribution in [1.82, 2.24) is 4.57 Å². The highest BCUT2D eigenvalue weighted by Crippen LogP contribution is 2.48. The van der Waals surface area contributed by atoms with Crippen LogP contribution in [0.4, 0.5) is 5.69 Å². The molecule has 0 spiro atoms. The molecule has 0 aliphatic carbocycles. The van der Waals surface area contributed by atoms with Crippen molar-refractivity contribution in [2.45, 2.75) is 0 Å². The molecule has 3 aromatic rings. The van der Waals surface area contributed by atoms with Crippen molar-refractivity contribution in [3.63, 3.8) is 0 Å². The van der Waals surface area contributed by atoms with Crippen LogP contribution in [-0.4, -0.2) is 26.6 Å². The number of carbonyl (C=O) groups excluding carboxylic acids is 2. The van der Waals surface area contributed by atoms with Crippen LogP contribution >= 0.6 is 11.6 Å². The highest BCUT2D eigenvalue weighted by molar-refractivity contribution is 6.39. The minimum Gasteiger partial charge on any atom is -0.493 e. The smallest absolute Gasteiger partial charge is 0.258 e. The normalized spacial score (nSPS) is 14.0. The first kappa shape index (κ1) is 15.3. The summed E-state index contributed by atoms with van der Waals surface area (Å²) >= 11 is 6.13. The standard InChI is InChI=1S/C18H11ClN2O4/c19-15-16(21-13(22)8-9-14(21)23)18(25)20(17(15)24)12-7-3-5-10-4-1-2-6-11(10)12/h1-9,24-25H. The first-order valence-corrected chi connectivity index (χ1v) is 7.75. The molecule has 2 aromatic carbocycles. The number of imide groups is 1. The SMILES string of the molecule is O=C1C=CC(=O)N1c1c(Cl)c(O)n(-c2cccc3ccccc23)c1O. The van der Waals surface area contributed by atoms with E-state index < -0.39 is 23.6 Å². The van der Waals surface area contributed by atoms with Crippen molar-refractivity contribution >= 4 is 39.9 Å². The van der Waals surface area contributed by atoms with Gasteiger partial charge in [0.15, 0.2) is 0 Å². The van der Waals surface area contributed by atoms with E-state index in [-0.39, 0.29) is 10.7 Å². The van der Waals surface area contributed by atoms with Crippen LogP contribution < -0.4 is 4.90 Å². The maximum Gasteiger partial charge on any atom is 0.258 e. The second-order valence-electron chi connectivity index (χ2n) is 5.49. The van der Waals surface area contributed by atoms with Gasteiger partial charge in [-0.15, -0.1) is 0 Å². The van der Waals surface area contributed by atoms with Gasteiger partial charge in [0.2, 0.25) is 11.8 Å². The van der Waals surface area contributed by atoms with Gasteiger partial charge in [-0.1, -0.05) is 48.0 Å². The third kappa shape index (κ3) is 2.11. The van der Waals surface area contributed by atoms with Crippen LogP contribution in [0.15, 0.2) is 54.6 Å². The van der Waals surface area contributed by atoms with E-state index >= 15 is 0 Å². The zero-order valence-corrected chi connectivity index (χ0v) is 13.4. The number of hydrogen-bond donors (Lipinski definition) is 2. The fourth-order valence-corrected chi connectivity index (χ4v) is 3.21. The highest BCUT2D eigenvalue weighted by atomic mass is 35.5. The monoisotopic (exact) mass is 354 g/mol. The van der Waals surface area contributed by atoms with Crippen molar-refractivity contribution < 1.29 is 19.8 Å². The predicted octanol–water partition coefficient (Wildman–Crippen LogP) is 3.12. The van der Waals surface area contributed by atoms with Crippen LogP contribution in [0.5, 0.6) is 11.8 Å². The van der Waals surface area contributed by atoms with Gasteiger partial charge in [-0.2, -0.15) is 0 Å². The molecule has 0 saturated carbocycles. The summed E-state index contributed by atoms with van der Waals surface area (Å²) in [5.74, 6) is -2.24. The van der Waals surface area contributed by atoms with E-state index in [9.17, 15) is 19.8 Å². The molecule has 4 rings (SSSR count). The van der Waals surface area contributed by atoms with Gasteiger partial charge < -0.3 is 10.2 Å². The van der Waals surface area contributed by atoms with E-state index in [1.807, 2.05) is 30.3 Å². The first-order chi connectivity index (χ1) is 12.0.